The molecule has 1 aliphatic heterocycles. The van der Waals surface area contributed by atoms with Gasteiger partial charge in [-0.15, -0.1) is 0 Å². The average Bonchev–Trinajstić information content (AvgIpc) is 2.96. The van der Waals surface area contributed by atoms with Crippen molar-refractivity contribution in [2.24, 2.45) is 0 Å². The van der Waals surface area contributed by atoms with Crippen LogP contribution in [-0.2, 0) is 16.4 Å². The summed E-state index contributed by atoms with van der Waals surface area (Å²) in [6.07, 6.45) is 1.34. The average molecular weight is 423 g/mol. The topological polar surface area (TPSA) is 66.5 Å². The predicted octanol–water partition coefficient (Wildman–Crippen LogP) is 3.80. The van der Waals surface area contributed by atoms with Gasteiger partial charge in [0, 0.05) is 28.0 Å². The molecule has 7 heteroatoms. The summed E-state index contributed by atoms with van der Waals surface area (Å²) in [5.74, 6) is -0.0721. The van der Waals surface area contributed by atoms with Crippen molar-refractivity contribution in [3.05, 3.63) is 58.1 Å². The fourth-order valence-electron chi connectivity index (χ4n) is 2.95. The summed E-state index contributed by atoms with van der Waals surface area (Å²) in [5.41, 5.74) is 2.91. The van der Waals surface area contributed by atoms with E-state index < -0.39 is 10.0 Å². The van der Waals surface area contributed by atoms with E-state index in [0.717, 1.165) is 22.1 Å². The van der Waals surface area contributed by atoms with Crippen LogP contribution in [-0.4, -0.2) is 26.6 Å². The number of hydrogen-bond acceptors (Lipinski definition) is 3. The zero-order chi connectivity index (χ0) is 18.0. The quantitative estimate of drug-likeness (QED) is 0.796. The van der Waals surface area contributed by atoms with Crippen LogP contribution in [0, 0.1) is 0 Å². The number of amides is 1. The van der Waals surface area contributed by atoms with Gasteiger partial charge in [0.2, 0.25) is 10.0 Å². The van der Waals surface area contributed by atoms with Crippen molar-refractivity contribution in [2.45, 2.75) is 19.8 Å². The maximum atomic E-state index is 12.9. The van der Waals surface area contributed by atoms with Gasteiger partial charge in [-0.2, -0.15) is 0 Å². The number of hydrogen-bond donors (Lipinski definition) is 1. The van der Waals surface area contributed by atoms with Crippen molar-refractivity contribution in [1.82, 2.24) is 0 Å². The maximum Gasteiger partial charge on any atom is 0.258 e. The number of carbonyl (C=O) groups is 1. The van der Waals surface area contributed by atoms with Gasteiger partial charge in [-0.3, -0.25) is 9.52 Å². The van der Waals surface area contributed by atoms with E-state index in [1.165, 1.54) is 0 Å². The third-order valence-corrected chi connectivity index (χ3v) is 6.02. The second-order valence-corrected chi connectivity index (χ2v) is 8.74. The minimum atomic E-state index is -3.38. The number of nitrogens with zero attached hydrogens (tertiary/aromatic N) is 1. The van der Waals surface area contributed by atoms with Gasteiger partial charge in [0.15, 0.2) is 0 Å². The lowest BCUT2D eigenvalue weighted by Gasteiger charge is -2.18. The van der Waals surface area contributed by atoms with Crippen LogP contribution in [0.1, 0.15) is 29.3 Å². The molecule has 0 saturated carbocycles. The summed E-state index contributed by atoms with van der Waals surface area (Å²) in [4.78, 5) is 14.6. The molecule has 1 N–H and O–H groups in total. The first-order valence-electron chi connectivity index (χ1n) is 8.10. The number of sulfonamides is 1. The van der Waals surface area contributed by atoms with Crippen molar-refractivity contribution in [2.75, 3.05) is 21.9 Å². The van der Waals surface area contributed by atoms with Crippen LogP contribution in [0.15, 0.2) is 46.9 Å². The van der Waals surface area contributed by atoms with Crippen LogP contribution in [0.3, 0.4) is 0 Å². The summed E-state index contributed by atoms with van der Waals surface area (Å²) in [6.45, 7) is 2.43. The highest BCUT2D eigenvalue weighted by Crippen LogP contribution is 2.31. The largest absolute Gasteiger partial charge is 0.308 e. The molecule has 2 aromatic carbocycles. The molecule has 2 aromatic rings. The Labute approximate surface area is 156 Å². The Kier molecular flexibility index (Phi) is 5.15. The van der Waals surface area contributed by atoms with Crippen molar-refractivity contribution in [3.63, 3.8) is 0 Å². The molecule has 5 nitrogen and oxygen atoms in total. The summed E-state index contributed by atoms with van der Waals surface area (Å²) in [5, 5.41) is 0. The molecule has 0 radical (unpaired) electrons. The lowest BCUT2D eigenvalue weighted by molar-refractivity contribution is 0.0989. The summed E-state index contributed by atoms with van der Waals surface area (Å²) in [7, 11) is -3.38. The Hall–Kier alpha value is -1.86. The Morgan fingerprint density at radius 3 is 2.80 bits per heavy atom. The molecular formula is C18H19BrN2O3S. The van der Waals surface area contributed by atoms with Crippen LogP contribution in [0.25, 0.3) is 0 Å². The Morgan fingerprint density at radius 1 is 1.24 bits per heavy atom. The fraction of sp³-hybridized carbons (Fsp3) is 0.278. The van der Waals surface area contributed by atoms with Gasteiger partial charge in [0.1, 0.15) is 0 Å². The lowest BCUT2D eigenvalue weighted by Crippen LogP contribution is -2.29. The highest BCUT2D eigenvalue weighted by molar-refractivity contribution is 9.10. The van der Waals surface area contributed by atoms with Crippen molar-refractivity contribution in [3.8, 4) is 0 Å². The molecule has 3 rings (SSSR count). The van der Waals surface area contributed by atoms with E-state index in [0.29, 0.717) is 24.2 Å². The maximum absolute atomic E-state index is 12.9. The predicted molar refractivity (Wildman–Crippen MR) is 104 cm³/mol. The van der Waals surface area contributed by atoms with E-state index in [9.17, 15) is 13.2 Å². The van der Waals surface area contributed by atoms with Crippen molar-refractivity contribution in [1.29, 1.82) is 0 Å². The molecule has 0 saturated heterocycles. The summed E-state index contributed by atoms with van der Waals surface area (Å²) in [6, 6.07) is 12.5. The molecule has 132 valence electrons. The zero-order valence-electron chi connectivity index (χ0n) is 13.8. The van der Waals surface area contributed by atoms with E-state index >= 15 is 0 Å². The molecule has 0 aliphatic carbocycles. The van der Waals surface area contributed by atoms with Crippen LogP contribution < -0.4 is 9.62 Å². The molecule has 25 heavy (non-hydrogen) atoms. The van der Waals surface area contributed by atoms with Gasteiger partial charge in [-0.25, -0.2) is 8.42 Å². The molecule has 0 spiro atoms. The van der Waals surface area contributed by atoms with E-state index in [1.807, 2.05) is 25.1 Å². The van der Waals surface area contributed by atoms with E-state index in [1.54, 1.807) is 29.2 Å². The number of benzene rings is 2. The number of carbonyl (C=O) groups excluding carboxylic acids is 1. The van der Waals surface area contributed by atoms with E-state index in [-0.39, 0.29) is 11.7 Å². The van der Waals surface area contributed by atoms with Crippen LogP contribution in [0.5, 0.6) is 0 Å². The highest BCUT2D eigenvalue weighted by atomic mass is 79.9. The lowest BCUT2D eigenvalue weighted by atomic mass is 10.1. The normalized spacial score (nSPS) is 13.6. The monoisotopic (exact) mass is 422 g/mol. The summed E-state index contributed by atoms with van der Waals surface area (Å²) >= 11 is 3.45. The van der Waals surface area contributed by atoms with Crippen molar-refractivity contribution >= 4 is 43.2 Å². The SMILES string of the molecule is CCCS(=O)(=O)Nc1cccc(C(=O)N2CCc3cc(Br)ccc32)c1. The van der Waals surface area contributed by atoms with E-state index in [2.05, 4.69) is 20.7 Å². The Balaban J connectivity index is 1.84. The first kappa shape index (κ1) is 17.9. The van der Waals surface area contributed by atoms with Crippen LogP contribution in [0.4, 0.5) is 11.4 Å². The molecule has 1 aliphatic rings. The summed E-state index contributed by atoms with van der Waals surface area (Å²) < 4.78 is 27.4. The molecule has 1 amide bonds. The second-order valence-electron chi connectivity index (χ2n) is 5.98. The van der Waals surface area contributed by atoms with Gasteiger partial charge in [0.05, 0.1) is 5.75 Å². The Bertz CT molecular complexity index is 912. The van der Waals surface area contributed by atoms with Crippen LogP contribution in [0.2, 0.25) is 0 Å². The highest BCUT2D eigenvalue weighted by Gasteiger charge is 2.25. The van der Waals surface area contributed by atoms with Crippen molar-refractivity contribution < 1.29 is 13.2 Å². The molecule has 0 atom stereocenters. The fourth-order valence-corrected chi connectivity index (χ4v) is 4.49. The number of nitrogens with one attached hydrogen (secondary N) is 1. The van der Waals surface area contributed by atoms with Gasteiger partial charge >= 0.3 is 0 Å². The Morgan fingerprint density at radius 2 is 2.04 bits per heavy atom. The smallest absolute Gasteiger partial charge is 0.258 e. The number of halogens is 1. The first-order valence-corrected chi connectivity index (χ1v) is 10.5. The minimum Gasteiger partial charge on any atom is -0.308 e. The molecule has 0 unspecified atom stereocenters. The molecule has 0 fully saturated rings. The number of rotatable bonds is 5. The third kappa shape index (κ3) is 4.04. The van der Waals surface area contributed by atoms with Gasteiger partial charge in [0.25, 0.3) is 5.91 Å². The zero-order valence-corrected chi connectivity index (χ0v) is 16.2. The third-order valence-electron chi connectivity index (χ3n) is 4.04. The van der Waals surface area contributed by atoms with Gasteiger partial charge in [-0.1, -0.05) is 28.9 Å². The molecule has 0 bridgehead atoms. The van der Waals surface area contributed by atoms with Gasteiger partial charge < -0.3 is 4.90 Å². The number of fused-ring (bicyclic) bond motifs is 1. The molecule has 1 heterocycles. The molecular weight excluding hydrogens is 404 g/mol. The minimum absolute atomic E-state index is 0.0551. The van der Waals surface area contributed by atoms with E-state index in [4.69, 9.17) is 0 Å². The molecule has 0 aromatic heterocycles. The number of anilines is 2. The van der Waals surface area contributed by atoms with Crippen LogP contribution >= 0.6 is 15.9 Å². The first-order chi connectivity index (χ1) is 11.9. The standard InChI is InChI=1S/C18H19BrN2O3S/c1-2-10-25(23,24)20-16-5-3-4-14(12-16)18(22)21-9-8-13-11-15(19)6-7-17(13)21/h3-7,11-12,20H,2,8-10H2,1H3. The second kappa shape index (κ2) is 7.17. The van der Waals surface area contributed by atoms with Gasteiger partial charge in [-0.05, 0) is 54.8 Å².